The van der Waals surface area contributed by atoms with E-state index in [4.69, 9.17) is 10.1 Å². The third-order valence-electron chi connectivity index (χ3n) is 7.23. The average molecular weight is 435 g/mol. The van der Waals surface area contributed by atoms with Gasteiger partial charge in [-0.3, -0.25) is 4.79 Å². The standard InChI is InChI=1S/C26H31FN4O/c1-16-7-9-19(12-16)25-18(3)15-31-24(28-25)14-22(29-31)23-6-4-5-11-30(23)26(32)20-10-8-17(2)13-21(20)27/h8,10,13-16,19,23H,4-7,9,11-12H2,1-3H3/t16-,19?,23-/m0/s1. The van der Waals surface area contributed by atoms with Crippen molar-refractivity contribution in [3.63, 3.8) is 0 Å². The molecule has 3 heterocycles. The quantitative estimate of drug-likeness (QED) is 0.527. The van der Waals surface area contributed by atoms with Crippen LogP contribution in [0.25, 0.3) is 5.65 Å². The zero-order chi connectivity index (χ0) is 22.4. The molecule has 1 saturated carbocycles. The number of likely N-dealkylation sites (tertiary alicyclic amines) is 1. The van der Waals surface area contributed by atoms with E-state index in [1.54, 1.807) is 17.0 Å². The number of piperidine rings is 1. The van der Waals surface area contributed by atoms with Gasteiger partial charge in [0.25, 0.3) is 5.91 Å². The molecule has 3 aromatic rings. The Morgan fingerprint density at radius 2 is 1.97 bits per heavy atom. The van der Waals surface area contributed by atoms with Crippen molar-refractivity contribution in [3.8, 4) is 0 Å². The van der Waals surface area contributed by atoms with Gasteiger partial charge in [-0.1, -0.05) is 19.4 Å². The van der Waals surface area contributed by atoms with Crippen LogP contribution < -0.4 is 0 Å². The molecule has 6 heteroatoms. The van der Waals surface area contributed by atoms with Crippen molar-refractivity contribution >= 4 is 11.6 Å². The minimum atomic E-state index is -0.456. The molecule has 1 saturated heterocycles. The monoisotopic (exact) mass is 434 g/mol. The van der Waals surface area contributed by atoms with Crippen molar-refractivity contribution in [2.45, 2.75) is 71.3 Å². The summed E-state index contributed by atoms with van der Waals surface area (Å²) in [4.78, 5) is 20.1. The Bertz CT molecular complexity index is 1170. The predicted molar refractivity (Wildman–Crippen MR) is 122 cm³/mol. The molecule has 2 aliphatic rings. The maximum Gasteiger partial charge on any atom is 0.257 e. The van der Waals surface area contributed by atoms with Gasteiger partial charge in [0, 0.05) is 24.7 Å². The first-order valence-corrected chi connectivity index (χ1v) is 11.8. The van der Waals surface area contributed by atoms with E-state index in [0.29, 0.717) is 12.5 Å². The van der Waals surface area contributed by atoms with E-state index in [-0.39, 0.29) is 17.5 Å². The molecule has 2 fully saturated rings. The third-order valence-corrected chi connectivity index (χ3v) is 7.23. The number of rotatable bonds is 3. The summed E-state index contributed by atoms with van der Waals surface area (Å²) in [6.07, 6.45) is 8.49. The Morgan fingerprint density at radius 1 is 1.12 bits per heavy atom. The van der Waals surface area contributed by atoms with E-state index in [9.17, 15) is 9.18 Å². The molecule has 1 aromatic carbocycles. The summed E-state index contributed by atoms with van der Waals surface area (Å²) in [5.41, 5.74) is 4.98. The van der Waals surface area contributed by atoms with Gasteiger partial charge in [-0.15, -0.1) is 0 Å². The molecule has 0 spiro atoms. The summed E-state index contributed by atoms with van der Waals surface area (Å²) < 4.78 is 16.4. The van der Waals surface area contributed by atoms with E-state index in [1.807, 2.05) is 17.5 Å². The second kappa shape index (κ2) is 8.30. The molecule has 0 bridgehead atoms. The van der Waals surface area contributed by atoms with Crippen LogP contribution in [-0.2, 0) is 0 Å². The zero-order valence-corrected chi connectivity index (χ0v) is 19.1. The van der Waals surface area contributed by atoms with Crippen molar-refractivity contribution in [1.82, 2.24) is 19.5 Å². The second-order valence-corrected chi connectivity index (χ2v) is 9.79. The number of amides is 1. The van der Waals surface area contributed by atoms with Crippen LogP contribution in [0.15, 0.2) is 30.5 Å². The number of benzene rings is 1. The summed E-state index contributed by atoms with van der Waals surface area (Å²) >= 11 is 0. The molecule has 1 amide bonds. The Balaban J connectivity index is 1.47. The van der Waals surface area contributed by atoms with Crippen LogP contribution in [0.4, 0.5) is 4.39 Å². The van der Waals surface area contributed by atoms with E-state index >= 15 is 0 Å². The minimum absolute atomic E-state index is 0.137. The number of nitrogens with zero attached hydrogens (tertiary/aromatic N) is 4. The van der Waals surface area contributed by atoms with Crippen molar-refractivity contribution in [2.75, 3.05) is 6.54 Å². The molecular weight excluding hydrogens is 403 g/mol. The molecule has 32 heavy (non-hydrogen) atoms. The number of aryl methyl sites for hydroxylation is 2. The predicted octanol–water partition coefficient (Wildman–Crippen LogP) is 5.76. The van der Waals surface area contributed by atoms with Gasteiger partial charge < -0.3 is 4.90 Å². The fraction of sp³-hybridized carbons (Fsp3) is 0.500. The van der Waals surface area contributed by atoms with E-state index in [2.05, 4.69) is 20.0 Å². The first-order chi connectivity index (χ1) is 15.4. The molecule has 1 aliphatic carbocycles. The van der Waals surface area contributed by atoms with E-state index in [0.717, 1.165) is 42.1 Å². The lowest BCUT2D eigenvalue weighted by molar-refractivity contribution is 0.0601. The van der Waals surface area contributed by atoms with Gasteiger partial charge in [-0.2, -0.15) is 5.10 Å². The summed E-state index contributed by atoms with van der Waals surface area (Å²) in [5, 5.41) is 4.81. The fourth-order valence-electron chi connectivity index (χ4n) is 5.50. The first-order valence-electron chi connectivity index (χ1n) is 11.8. The number of carbonyl (C=O) groups is 1. The molecular formula is C26H31FN4O. The van der Waals surface area contributed by atoms with Crippen LogP contribution in [0.5, 0.6) is 0 Å². The van der Waals surface area contributed by atoms with Crippen molar-refractivity contribution < 1.29 is 9.18 Å². The lowest BCUT2D eigenvalue weighted by atomic mass is 9.97. The summed E-state index contributed by atoms with van der Waals surface area (Å²) in [6.45, 7) is 6.87. The first kappa shape index (κ1) is 21.1. The highest BCUT2D eigenvalue weighted by molar-refractivity contribution is 5.95. The molecule has 3 atom stereocenters. The SMILES string of the molecule is Cc1ccc(C(=O)N2CCCC[C@H]2c2cc3nc(C4CC[C@H](C)C4)c(C)cn3n2)c(F)c1. The van der Waals surface area contributed by atoms with Crippen LogP contribution >= 0.6 is 0 Å². The van der Waals surface area contributed by atoms with Crippen LogP contribution in [0, 0.1) is 25.6 Å². The molecule has 5 rings (SSSR count). The molecule has 0 N–H and O–H groups in total. The third kappa shape index (κ3) is 3.80. The maximum atomic E-state index is 14.5. The van der Waals surface area contributed by atoms with Gasteiger partial charge in [-0.05, 0) is 75.1 Å². The maximum absolute atomic E-state index is 14.5. The van der Waals surface area contributed by atoms with Crippen LogP contribution in [0.1, 0.15) is 90.3 Å². The Morgan fingerprint density at radius 3 is 2.72 bits per heavy atom. The van der Waals surface area contributed by atoms with Gasteiger partial charge in [0.15, 0.2) is 5.65 Å². The largest absolute Gasteiger partial charge is 0.330 e. The average Bonchev–Trinajstić information content (AvgIpc) is 3.38. The number of fused-ring (bicyclic) bond motifs is 1. The smallest absolute Gasteiger partial charge is 0.257 e. The van der Waals surface area contributed by atoms with Crippen LogP contribution in [0.2, 0.25) is 0 Å². The minimum Gasteiger partial charge on any atom is -0.330 e. The molecule has 2 aromatic heterocycles. The Hall–Kier alpha value is -2.76. The van der Waals surface area contributed by atoms with Crippen molar-refractivity contribution in [1.29, 1.82) is 0 Å². The number of hydrogen-bond acceptors (Lipinski definition) is 3. The topological polar surface area (TPSA) is 50.5 Å². The number of hydrogen-bond donors (Lipinski definition) is 0. The second-order valence-electron chi connectivity index (χ2n) is 9.79. The molecule has 5 nitrogen and oxygen atoms in total. The lowest BCUT2D eigenvalue weighted by Gasteiger charge is -2.34. The Labute approximate surface area is 188 Å². The number of carbonyl (C=O) groups excluding carboxylic acids is 1. The van der Waals surface area contributed by atoms with Gasteiger partial charge in [0.1, 0.15) is 5.82 Å². The highest BCUT2D eigenvalue weighted by Crippen LogP contribution is 2.39. The summed E-state index contributed by atoms with van der Waals surface area (Å²) in [7, 11) is 0. The summed E-state index contributed by atoms with van der Waals surface area (Å²) in [5.74, 6) is 0.559. The van der Waals surface area contributed by atoms with E-state index in [1.165, 1.54) is 36.6 Å². The van der Waals surface area contributed by atoms with E-state index < -0.39 is 5.82 Å². The van der Waals surface area contributed by atoms with Gasteiger partial charge >= 0.3 is 0 Å². The van der Waals surface area contributed by atoms with Gasteiger partial charge in [0.05, 0.1) is 23.0 Å². The van der Waals surface area contributed by atoms with Gasteiger partial charge in [-0.25, -0.2) is 13.9 Å². The van der Waals surface area contributed by atoms with Crippen LogP contribution in [-0.4, -0.2) is 31.9 Å². The normalized spacial score (nSPS) is 23.8. The summed E-state index contributed by atoms with van der Waals surface area (Å²) in [6, 6.07) is 6.67. The lowest BCUT2D eigenvalue weighted by Crippen LogP contribution is -2.39. The molecule has 1 aliphatic heterocycles. The Kier molecular flexibility index (Phi) is 5.48. The molecule has 0 radical (unpaired) electrons. The zero-order valence-electron chi connectivity index (χ0n) is 19.1. The number of aromatic nitrogens is 3. The highest BCUT2D eigenvalue weighted by Gasteiger charge is 2.32. The van der Waals surface area contributed by atoms with Crippen molar-refractivity contribution in [3.05, 3.63) is 64.4 Å². The number of halogens is 1. The molecule has 1 unspecified atom stereocenters. The molecule has 168 valence electrons. The van der Waals surface area contributed by atoms with Gasteiger partial charge in [0.2, 0.25) is 0 Å². The van der Waals surface area contributed by atoms with Crippen molar-refractivity contribution in [2.24, 2.45) is 5.92 Å². The van der Waals surface area contributed by atoms with Crippen LogP contribution in [0.3, 0.4) is 0 Å². The highest BCUT2D eigenvalue weighted by atomic mass is 19.1. The fourth-order valence-corrected chi connectivity index (χ4v) is 5.50.